The molecule has 104 valence electrons. The summed E-state index contributed by atoms with van der Waals surface area (Å²) in [6.07, 6.45) is 2.07. The van der Waals surface area contributed by atoms with Crippen LogP contribution < -0.4 is 0 Å². The van der Waals surface area contributed by atoms with E-state index in [1.54, 1.807) is 0 Å². The van der Waals surface area contributed by atoms with Crippen LogP contribution in [-0.4, -0.2) is 27.8 Å². The van der Waals surface area contributed by atoms with Crippen molar-refractivity contribution < 1.29 is 4.79 Å². The number of aromatic nitrogens is 1. The number of alkyl halides is 1. The molecule has 3 nitrogen and oxygen atoms in total. The number of carbonyl (C=O) groups is 1. The van der Waals surface area contributed by atoms with Crippen LogP contribution in [0, 0.1) is 6.92 Å². The highest BCUT2D eigenvalue weighted by atomic mass is 35.5. The van der Waals surface area contributed by atoms with Crippen LogP contribution in [0.1, 0.15) is 22.9 Å². The SMILES string of the molecule is Cc1cccc(C2c3cccn3CCN2C(=O)CCl)c1. The number of carbonyl (C=O) groups excluding carboxylic acids is 1. The van der Waals surface area contributed by atoms with Gasteiger partial charge in [-0.25, -0.2) is 0 Å². The van der Waals surface area contributed by atoms with Gasteiger partial charge in [0.25, 0.3) is 0 Å². The molecule has 1 unspecified atom stereocenters. The lowest BCUT2D eigenvalue weighted by Crippen LogP contribution is -2.43. The molecule has 1 aliphatic heterocycles. The fourth-order valence-corrected chi connectivity index (χ4v) is 3.07. The molecule has 0 saturated heterocycles. The lowest BCUT2D eigenvalue weighted by Gasteiger charge is -2.37. The number of aryl methyl sites for hydroxylation is 1. The summed E-state index contributed by atoms with van der Waals surface area (Å²) in [6, 6.07) is 12.4. The lowest BCUT2D eigenvalue weighted by molar-refractivity contribution is -0.131. The van der Waals surface area contributed by atoms with Crippen molar-refractivity contribution in [2.24, 2.45) is 0 Å². The first-order valence-electron chi connectivity index (χ1n) is 6.78. The van der Waals surface area contributed by atoms with Crippen LogP contribution in [0.25, 0.3) is 0 Å². The van der Waals surface area contributed by atoms with Crippen LogP contribution in [0.3, 0.4) is 0 Å². The van der Waals surface area contributed by atoms with Gasteiger partial charge in [0.05, 0.1) is 6.04 Å². The van der Waals surface area contributed by atoms with E-state index in [-0.39, 0.29) is 17.8 Å². The zero-order valence-electron chi connectivity index (χ0n) is 11.4. The highest BCUT2D eigenvalue weighted by Gasteiger charge is 2.31. The summed E-state index contributed by atoms with van der Waals surface area (Å²) in [4.78, 5) is 14.0. The van der Waals surface area contributed by atoms with Crippen LogP contribution in [0.5, 0.6) is 0 Å². The minimum absolute atomic E-state index is 0.00868. The van der Waals surface area contributed by atoms with E-state index >= 15 is 0 Å². The summed E-state index contributed by atoms with van der Waals surface area (Å²) in [6.45, 7) is 3.60. The Hall–Kier alpha value is -1.74. The Balaban J connectivity index is 2.09. The van der Waals surface area contributed by atoms with Crippen molar-refractivity contribution in [2.75, 3.05) is 12.4 Å². The average Bonchev–Trinajstić information content (AvgIpc) is 2.93. The molecule has 0 bridgehead atoms. The van der Waals surface area contributed by atoms with Crippen molar-refractivity contribution in [1.29, 1.82) is 0 Å². The predicted octanol–water partition coefficient (Wildman–Crippen LogP) is 2.97. The minimum atomic E-state index is -0.0371. The molecule has 0 spiro atoms. The van der Waals surface area contributed by atoms with Crippen molar-refractivity contribution in [3.63, 3.8) is 0 Å². The van der Waals surface area contributed by atoms with Crippen molar-refractivity contribution >= 4 is 17.5 Å². The zero-order chi connectivity index (χ0) is 14.1. The molecule has 1 aromatic heterocycles. The normalized spacial score (nSPS) is 17.9. The van der Waals surface area contributed by atoms with E-state index in [0.29, 0.717) is 6.54 Å². The van der Waals surface area contributed by atoms with Crippen molar-refractivity contribution in [3.8, 4) is 0 Å². The number of halogens is 1. The van der Waals surface area contributed by atoms with Gasteiger partial charge in [-0.3, -0.25) is 4.79 Å². The molecule has 3 rings (SSSR count). The first-order valence-corrected chi connectivity index (χ1v) is 7.31. The Morgan fingerprint density at radius 2 is 2.15 bits per heavy atom. The van der Waals surface area contributed by atoms with E-state index in [1.165, 1.54) is 5.56 Å². The molecule has 0 N–H and O–H groups in total. The molecule has 0 aliphatic carbocycles. The molecule has 0 radical (unpaired) electrons. The second-order valence-corrected chi connectivity index (χ2v) is 5.43. The molecule has 1 aromatic carbocycles. The summed E-state index contributed by atoms with van der Waals surface area (Å²) < 4.78 is 2.21. The molecule has 4 heteroatoms. The van der Waals surface area contributed by atoms with Gasteiger partial charge in [-0.2, -0.15) is 0 Å². The Morgan fingerprint density at radius 3 is 2.90 bits per heavy atom. The van der Waals surface area contributed by atoms with Gasteiger partial charge < -0.3 is 9.47 Å². The van der Waals surface area contributed by atoms with Crippen molar-refractivity contribution in [1.82, 2.24) is 9.47 Å². The van der Waals surface area contributed by atoms with E-state index in [9.17, 15) is 4.79 Å². The van der Waals surface area contributed by atoms with Crippen molar-refractivity contribution in [2.45, 2.75) is 19.5 Å². The Morgan fingerprint density at radius 1 is 1.30 bits per heavy atom. The number of nitrogens with zero attached hydrogens (tertiary/aromatic N) is 2. The Bertz CT molecular complexity index is 635. The van der Waals surface area contributed by atoms with Gasteiger partial charge in [0, 0.05) is 25.0 Å². The molecule has 0 saturated carbocycles. The van der Waals surface area contributed by atoms with Crippen LogP contribution in [0.4, 0.5) is 0 Å². The lowest BCUT2D eigenvalue weighted by atomic mass is 9.98. The molecular weight excluding hydrogens is 272 g/mol. The number of hydrogen-bond acceptors (Lipinski definition) is 1. The summed E-state index contributed by atoms with van der Waals surface area (Å²) in [5, 5.41) is 0. The maximum atomic E-state index is 12.2. The fraction of sp³-hybridized carbons (Fsp3) is 0.312. The molecule has 1 atom stereocenters. The third kappa shape index (κ3) is 2.22. The average molecular weight is 289 g/mol. The number of rotatable bonds is 2. The minimum Gasteiger partial charge on any atom is -0.348 e. The fourth-order valence-electron chi connectivity index (χ4n) is 2.92. The van der Waals surface area contributed by atoms with Gasteiger partial charge >= 0.3 is 0 Å². The van der Waals surface area contributed by atoms with Gasteiger partial charge in [0.15, 0.2) is 0 Å². The van der Waals surface area contributed by atoms with Crippen LogP contribution >= 0.6 is 11.6 Å². The summed E-state index contributed by atoms with van der Waals surface area (Å²) in [5.74, 6) is 0.0221. The maximum Gasteiger partial charge on any atom is 0.238 e. The van der Waals surface area contributed by atoms with E-state index < -0.39 is 0 Å². The van der Waals surface area contributed by atoms with Crippen molar-refractivity contribution in [3.05, 3.63) is 59.4 Å². The molecule has 1 aliphatic rings. The number of fused-ring (bicyclic) bond motifs is 1. The molecule has 1 amide bonds. The third-order valence-electron chi connectivity index (χ3n) is 3.83. The molecule has 20 heavy (non-hydrogen) atoms. The topological polar surface area (TPSA) is 25.2 Å². The highest BCUT2D eigenvalue weighted by Crippen LogP contribution is 2.32. The van der Waals surface area contributed by atoms with Gasteiger partial charge in [-0.05, 0) is 24.6 Å². The maximum absolute atomic E-state index is 12.2. The standard InChI is InChI=1S/C16H17ClN2O/c1-12-4-2-5-13(10-12)16-14-6-3-7-18(14)8-9-19(16)15(20)11-17/h2-7,10,16H,8-9,11H2,1H3. The Labute approximate surface area is 123 Å². The van der Waals surface area contributed by atoms with Crippen LogP contribution in [0.2, 0.25) is 0 Å². The van der Waals surface area contributed by atoms with Gasteiger partial charge in [0.2, 0.25) is 5.91 Å². The first-order chi connectivity index (χ1) is 9.70. The van der Waals surface area contributed by atoms with Crippen LogP contribution in [0.15, 0.2) is 42.6 Å². The summed E-state index contributed by atoms with van der Waals surface area (Å²) >= 11 is 5.77. The summed E-state index contributed by atoms with van der Waals surface area (Å²) in [5.41, 5.74) is 3.49. The second-order valence-electron chi connectivity index (χ2n) is 5.16. The zero-order valence-corrected chi connectivity index (χ0v) is 12.2. The largest absolute Gasteiger partial charge is 0.348 e. The smallest absolute Gasteiger partial charge is 0.238 e. The number of benzene rings is 1. The number of amides is 1. The summed E-state index contributed by atoms with van der Waals surface area (Å²) in [7, 11) is 0. The van der Waals surface area contributed by atoms with E-state index in [1.807, 2.05) is 17.0 Å². The second kappa shape index (κ2) is 5.33. The highest BCUT2D eigenvalue weighted by molar-refractivity contribution is 6.27. The quantitative estimate of drug-likeness (QED) is 0.780. The molecule has 0 fully saturated rings. The van der Waals surface area contributed by atoms with E-state index in [4.69, 9.17) is 11.6 Å². The molecular formula is C16H17ClN2O. The first kappa shape index (κ1) is 13.3. The number of hydrogen-bond donors (Lipinski definition) is 0. The molecule has 2 aromatic rings. The van der Waals surface area contributed by atoms with Gasteiger partial charge in [-0.15, -0.1) is 11.6 Å². The van der Waals surface area contributed by atoms with E-state index in [2.05, 4.69) is 42.0 Å². The monoisotopic (exact) mass is 288 g/mol. The Kier molecular flexibility index (Phi) is 3.53. The van der Waals surface area contributed by atoms with E-state index in [0.717, 1.165) is 17.8 Å². The molecule has 2 heterocycles. The van der Waals surface area contributed by atoms with Gasteiger partial charge in [0.1, 0.15) is 5.88 Å². The van der Waals surface area contributed by atoms with Gasteiger partial charge in [-0.1, -0.05) is 29.8 Å². The third-order valence-corrected chi connectivity index (χ3v) is 4.06. The van der Waals surface area contributed by atoms with Crippen LogP contribution in [-0.2, 0) is 11.3 Å². The predicted molar refractivity (Wildman–Crippen MR) is 79.9 cm³/mol.